The van der Waals surface area contributed by atoms with Crippen LogP contribution in [-0.4, -0.2) is 41.7 Å². The molecule has 2 N–H and O–H groups in total. The van der Waals surface area contributed by atoms with Crippen molar-refractivity contribution in [2.45, 2.75) is 53.0 Å². The molecular weight excluding hydrogens is 302 g/mol. The number of rotatable bonds is 5. The van der Waals surface area contributed by atoms with Gasteiger partial charge in [0.1, 0.15) is 5.82 Å². The molecule has 2 rings (SSSR count). The number of aromatic nitrogens is 1. The lowest BCUT2D eigenvalue weighted by Crippen LogP contribution is -2.46. The fraction of sp³-hybridized carbons (Fsp3) is 0.684. The van der Waals surface area contributed by atoms with Crippen molar-refractivity contribution in [3.05, 3.63) is 23.9 Å². The molecule has 5 nitrogen and oxygen atoms in total. The number of hydrogen-bond donors (Lipinski definition) is 2. The van der Waals surface area contributed by atoms with E-state index in [-0.39, 0.29) is 29.9 Å². The zero-order valence-corrected chi connectivity index (χ0v) is 15.4. The van der Waals surface area contributed by atoms with Gasteiger partial charge in [0, 0.05) is 25.2 Å². The molecule has 1 atom stereocenters. The van der Waals surface area contributed by atoms with E-state index in [4.69, 9.17) is 0 Å². The molecule has 1 aromatic heterocycles. The highest BCUT2D eigenvalue weighted by Gasteiger charge is 2.28. The maximum atomic E-state index is 12.5. The van der Waals surface area contributed by atoms with Crippen molar-refractivity contribution < 1.29 is 9.90 Å². The molecule has 0 aromatic carbocycles. The molecule has 1 aliphatic rings. The van der Waals surface area contributed by atoms with Crippen molar-refractivity contribution >= 4 is 11.7 Å². The van der Waals surface area contributed by atoms with Gasteiger partial charge in [-0.3, -0.25) is 4.79 Å². The Balaban J connectivity index is 1.84. The quantitative estimate of drug-likeness (QED) is 0.869. The summed E-state index contributed by atoms with van der Waals surface area (Å²) in [7, 11) is 0. The summed E-state index contributed by atoms with van der Waals surface area (Å²) in [6.45, 7) is 10.1. The third-order valence-corrected chi connectivity index (χ3v) is 4.51. The summed E-state index contributed by atoms with van der Waals surface area (Å²) in [6, 6.07) is 3.95. The van der Waals surface area contributed by atoms with Crippen LogP contribution in [0, 0.1) is 18.3 Å². The molecular formula is C19H31N3O2. The van der Waals surface area contributed by atoms with Crippen LogP contribution in [0.3, 0.4) is 0 Å². The van der Waals surface area contributed by atoms with Crippen molar-refractivity contribution in [3.63, 3.8) is 0 Å². The molecule has 0 radical (unpaired) electrons. The highest BCUT2D eigenvalue weighted by atomic mass is 16.3. The lowest BCUT2D eigenvalue weighted by Gasteiger charge is -2.33. The monoisotopic (exact) mass is 333 g/mol. The first-order valence-corrected chi connectivity index (χ1v) is 8.87. The Bertz CT molecular complexity index is 529. The number of piperidine rings is 1. The van der Waals surface area contributed by atoms with Gasteiger partial charge < -0.3 is 15.3 Å². The van der Waals surface area contributed by atoms with E-state index in [0.29, 0.717) is 0 Å². The molecule has 0 spiro atoms. The van der Waals surface area contributed by atoms with E-state index in [1.54, 1.807) is 0 Å². The Hall–Kier alpha value is -1.62. The van der Waals surface area contributed by atoms with Crippen molar-refractivity contribution in [1.29, 1.82) is 0 Å². The number of aryl methyl sites for hydroxylation is 1. The molecule has 1 aliphatic heterocycles. The third-order valence-electron chi connectivity index (χ3n) is 4.51. The Kier molecular flexibility index (Phi) is 6.21. The van der Waals surface area contributed by atoms with Crippen LogP contribution >= 0.6 is 0 Å². The topological polar surface area (TPSA) is 65.5 Å². The SMILES string of the molecule is Cc1ccc(N2CCC(C(=O)NC(CO)CC(C)(C)C)CC2)nc1. The molecule has 0 bridgehead atoms. The van der Waals surface area contributed by atoms with Gasteiger partial charge in [0.15, 0.2) is 0 Å². The van der Waals surface area contributed by atoms with Crippen molar-refractivity contribution in [2.24, 2.45) is 11.3 Å². The number of pyridine rings is 1. The van der Waals surface area contributed by atoms with Crippen LogP contribution in [0.1, 0.15) is 45.6 Å². The number of carbonyl (C=O) groups is 1. The normalized spacial score (nSPS) is 17.6. The van der Waals surface area contributed by atoms with E-state index >= 15 is 0 Å². The molecule has 0 saturated carbocycles. The van der Waals surface area contributed by atoms with Gasteiger partial charge in [-0.25, -0.2) is 4.98 Å². The second-order valence-corrected chi connectivity index (χ2v) is 8.11. The van der Waals surface area contributed by atoms with Gasteiger partial charge in [-0.1, -0.05) is 26.8 Å². The molecule has 2 heterocycles. The predicted molar refractivity (Wildman–Crippen MR) is 97.0 cm³/mol. The van der Waals surface area contributed by atoms with Crippen LogP contribution in [-0.2, 0) is 4.79 Å². The molecule has 0 aliphatic carbocycles. The standard InChI is InChI=1S/C19H31N3O2/c1-14-5-6-17(20-12-14)22-9-7-15(8-10-22)18(24)21-16(13-23)11-19(2,3)4/h5-6,12,15-16,23H,7-11,13H2,1-4H3,(H,21,24). The van der Waals surface area contributed by atoms with Gasteiger partial charge in [-0.15, -0.1) is 0 Å². The predicted octanol–water partition coefficient (Wildman–Crippen LogP) is 2.52. The molecule has 134 valence electrons. The van der Waals surface area contributed by atoms with E-state index in [0.717, 1.165) is 43.7 Å². The van der Waals surface area contributed by atoms with Gasteiger partial charge in [0.05, 0.1) is 12.6 Å². The molecule has 1 aromatic rings. The maximum Gasteiger partial charge on any atom is 0.223 e. The molecule has 1 unspecified atom stereocenters. The first-order chi connectivity index (χ1) is 11.3. The maximum absolute atomic E-state index is 12.5. The summed E-state index contributed by atoms with van der Waals surface area (Å²) in [5, 5.41) is 12.6. The Morgan fingerprint density at radius 3 is 2.54 bits per heavy atom. The van der Waals surface area contributed by atoms with E-state index in [1.807, 2.05) is 19.2 Å². The highest BCUT2D eigenvalue weighted by Crippen LogP contribution is 2.24. The summed E-state index contributed by atoms with van der Waals surface area (Å²) in [5.41, 5.74) is 1.24. The number of nitrogens with one attached hydrogen (secondary N) is 1. The zero-order chi connectivity index (χ0) is 17.7. The average Bonchev–Trinajstić information content (AvgIpc) is 2.54. The van der Waals surface area contributed by atoms with Gasteiger partial charge in [0.2, 0.25) is 5.91 Å². The first-order valence-electron chi connectivity index (χ1n) is 8.87. The summed E-state index contributed by atoms with van der Waals surface area (Å²) in [6.07, 6.45) is 4.32. The third kappa shape index (κ3) is 5.48. The smallest absolute Gasteiger partial charge is 0.223 e. The average molecular weight is 333 g/mol. The van der Waals surface area contributed by atoms with Crippen molar-refractivity contribution in [3.8, 4) is 0 Å². The van der Waals surface area contributed by atoms with Crippen molar-refractivity contribution in [1.82, 2.24) is 10.3 Å². The van der Waals surface area contributed by atoms with Crippen molar-refractivity contribution in [2.75, 3.05) is 24.6 Å². The van der Waals surface area contributed by atoms with Gasteiger partial charge >= 0.3 is 0 Å². The summed E-state index contributed by atoms with van der Waals surface area (Å²) in [4.78, 5) is 19.2. The van der Waals surface area contributed by atoms with Gasteiger partial charge in [-0.05, 0) is 43.2 Å². The van der Waals surface area contributed by atoms with E-state index in [1.165, 1.54) is 0 Å². The molecule has 1 fully saturated rings. The fourth-order valence-corrected chi connectivity index (χ4v) is 3.24. The lowest BCUT2D eigenvalue weighted by atomic mass is 9.87. The van der Waals surface area contributed by atoms with Gasteiger partial charge in [-0.2, -0.15) is 0 Å². The second kappa shape index (κ2) is 7.97. The van der Waals surface area contributed by atoms with E-state index in [2.05, 4.69) is 42.0 Å². The zero-order valence-electron chi connectivity index (χ0n) is 15.4. The lowest BCUT2D eigenvalue weighted by molar-refractivity contribution is -0.126. The van der Waals surface area contributed by atoms with Gasteiger partial charge in [0.25, 0.3) is 0 Å². The Labute approximate surface area is 145 Å². The van der Waals surface area contributed by atoms with Crippen LogP contribution < -0.4 is 10.2 Å². The highest BCUT2D eigenvalue weighted by molar-refractivity contribution is 5.79. The molecule has 5 heteroatoms. The number of carbonyl (C=O) groups excluding carboxylic acids is 1. The largest absolute Gasteiger partial charge is 0.394 e. The number of aliphatic hydroxyl groups excluding tert-OH is 1. The number of hydrogen-bond acceptors (Lipinski definition) is 4. The number of aliphatic hydroxyl groups is 1. The summed E-state index contributed by atoms with van der Waals surface area (Å²) >= 11 is 0. The van der Waals surface area contributed by atoms with Crippen LogP contribution in [0.2, 0.25) is 0 Å². The fourth-order valence-electron chi connectivity index (χ4n) is 3.24. The minimum Gasteiger partial charge on any atom is -0.394 e. The minimum atomic E-state index is -0.158. The number of anilines is 1. The molecule has 24 heavy (non-hydrogen) atoms. The molecule has 1 amide bonds. The van der Waals surface area contributed by atoms with Crippen LogP contribution in [0.5, 0.6) is 0 Å². The second-order valence-electron chi connectivity index (χ2n) is 8.11. The summed E-state index contributed by atoms with van der Waals surface area (Å²) in [5.74, 6) is 1.09. The minimum absolute atomic E-state index is 0.00482. The Morgan fingerprint density at radius 1 is 1.38 bits per heavy atom. The van der Waals surface area contributed by atoms with Crippen LogP contribution in [0.15, 0.2) is 18.3 Å². The first kappa shape index (κ1) is 18.7. The van der Waals surface area contributed by atoms with E-state index in [9.17, 15) is 9.90 Å². The van der Waals surface area contributed by atoms with E-state index < -0.39 is 0 Å². The Morgan fingerprint density at radius 2 is 2.04 bits per heavy atom. The number of nitrogens with zero attached hydrogens (tertiary/aromatic N) is 2. The summed E-state index contributed by atoms with van der Waals surface area (Å²) < 4.78 is 0. The molecule has 1 saturated heterocycles. The van der Waals surface area contributed by atoms with Crippen LogP contribution in [0.25, 0.3) is 0 Å². The number of amides is 1. The van der Waals surface area contributed by atoms with Crippen LogP contribution in [0.4, 0.5) is 5.82 Å².